The first-order valence-electron chi connectivity index (χ1n) is 11.3. The fourth-order valence-corrected chi connectivity index (χ4v) is 5.31. The van der Waals surface area contributed by atoms with Gasteiger partial charge in [-0.15, -0.1) is 0 Å². The van der Waals surface area contributed by atoms with Crippen LogP contribution in [0.2, 0.25) is 10.0 Å². The number of thiol groups is 1. The highest BCUT2D eigenvalue weighted by atomic mass is 35.5. The number of carbonyl (C=O) groups excluding carboxylic acids is 1. The lowest BCUT2D eigenvalue weighted by atomic mass is 10.2. The minimum atomic E-state index is -3.57. The second-order valence-corrected chi connectivity index (χ2v) is 10.2. The molecule has 0 unspecified atom stereocenters. The molecular formula is C22H17Cl2F4N5O7S. The highest BCUT2D eigenvalue weighted by molar-refractivity contribution is 7.74. The van der Waals surface area contributed by atoms with Crippen LogP contribution in [-0.4, -0.2) is 52.7 Å². The van der Waals surface area contributed by atoms with E-state index in [1.165, 1.54) is 6.07 Å². The highest BCUT2D eigenvalue weighted by Gasteiger charge is 2.57. The van der Waals surface area contributed by atoms with Crippen molar-refractivity contribution in [2.24, 2.45) is 0 Å². The van der Waals surface area contributed by atoms with Crippen LogP contribution in [0.15, 0.2) is 39.9 Å². The predicted octanol–water partition coefficient (Wildman–Crippen LogP) is 2.91. The molecule has 1 heterocycles. The number of aromatic nitrogens is 3. The first-order valence-corrected chi connectivity index (χ1v) is 13.2. The van der Waals surface area contributed by atoms with Gasteiger partial charge >= 0.3 is 5.69 Å². The Morgan fingerprint density at radius 3 is 2.34 bits per heavy atom. The van der Waals surface area contributed by atoms with E-state index in [1.54, 1.807) is 4.98 Å². The van der Waals surface area contributed by atoms with Crippen LogP contribution in [0.5, 0.6) is 17.2 Å². The number of aromatic amines is 1. The third-order valence-corrected chi connectivity index (χ3v) is 7.30. The summed E-state index contributed by atoms with van der Waals surface area (Å²) in [5.41, 5.74) is -6.15. The van der Waals surface area contributed by atoms with Crippen molar-refractivity contribution in [1.29, 1.82) is 0 Å². The molecule has 1 aliphatic rings. The third kappa shape index (κ3) is 6.11. The van der Waals surface area contributed by atoms with Crippen LogP contribution in [0.25, 0.3) is 5.69 Å². The molecule has 3 aromatic rings. The lowest BCUT2D eigenvalue weighted by molar-refractivity contribution is -0.123. The predicted molar refractivity (Wildman–Crippen MR) is 137 cm³/mol. The van der Waals surface area contributed by atoms with Gasteiger partial charge in [0, 0.05) is 6.07 Å². The highest BCUT2D eigenvalue weighted by Crippen LogP contribution is 2.48. The number of rotatable bonds is 10. The number of ether oxygens (including phenoxy) is 1. The molecule has 19 heteroatoms. The molecule has 0 spiro atoms. The van der Waals surface area contributed by atoms with Crippen molar-refractivity contribution in [1.82, 2.24) is 20.1 Å². The SMILES string of the molecule is O=C(NCC(F)F)C1(N(c2cc(Oc3c(Cl)cc(-n4nc(C(F)F)c(=O)[nH]c4=O)cc3Cl)ccc2O)[SH](=O)=O)CC1. The number of H-pyrrole nitrogens is 1. The van der Waals surface area contributed by atoms with E-state index in [1.807, 2.05) is 5.32 Å². The Kier molecular flexibility index (Phi) is 8.51. The molecule has 1 aromatic heterocycles. The number of nitrogens with one attached hydrogen (secondary N) is 2. The molecule has 0 saturated heterocycles. The number of halogens is 6. The van der Waals surface area contributed by atoms with Crippen LogP contribution in [0.1, 0.15) is 25.0 Å². The van der Waals surface area contributed by atoms with E-state index in [0.29, 0.717) is 8.99 Å². The number of amides is 1. The molecule has 0 bridgehead atoms. The number of hydrogen-bond donors (Lipinski definition) is 4. The topological polar surface area (TPSA) is 164 Å². The van der Waals surface area contributed by atoms with E-state index < -0.39 is 70.1 Å². The van der Waals surface area contributed by atoms with Gasteiger partial charge in [-0.25, -0.2) is 30.8 Å². The van der Waals surface area contributed by atoms with Crippen molar-refractivity contribution in [2.75, 3.05) is 10.8 Å². The van der Waals surface area contributed by atoms with E-state index in [0.717, 1.165) is 24.3 Å². The molecule has 0 radical (unpaired) electrons. The Hall–Kier alpha value is -3.83. The maximum Gasteiger partial charge on any atom is 0.349 e. The van der Waals surface area contributed by atoms with Gasteiger partial charge in [0.25, 0.3) is 18.4 Å². The summed E-state index contributed by atoms with van der Waals surface area (Å²) in [6, 6.07) is 5.37. The second-order valence-electron chi connectivity index (χ2n) is 8.53. The summed E-state index contributed by atoms with van der Waals surface area (Å²) < 4.78 is 82.4. The summed E-state index contributed by atoms with van der Waals surface area (Å²) in [7, 11) is -3.57. The van der Waals surface area contributed by atoms with E-state index >= 15 is 0 Å². The Labute approximate surface area is 238 Å². The molecule has 2 aromatic carbocycles. The number of hydrogen-bond acceptors (Lipinski definition) is 8. The molecule has 1 saturated carbocycles. The molecule has 220 valence electrons. The number of benzene rings is 2. The van der Waals surface area contributed by atoms with Gasteiger partial charge < -0.3 is 15.2 Å². The Morgan fingerprint density at radius 2 is 1.80 bits per heavy atom. The first kappa shape index (κ1) is 30.1. The van der Waals surface area contributed by atoms with Crippen molar-refractivity contribution >= 4 is 45.7 Å². The normalized spacial score (nSPS) is 14.0. The fraction of sp³-hybridized carbons (Fsp3) is 0.273. The van der Waals surface area contributed by atoms with E-state index in [-0.39, 0.29) is 40.1 Å². The minimum Gasteiger partial charge on any atom is -0.506 e. The van der Waals surface area contributed by atoms with Crippen molar-refractivity contribution in [2.45, 2.75) is 31.2 Å². The fourth-order valence-electron chi connectivity index (χ4n) is 3.81. The molecule has 0 aliphatic heterocycles. The van der Waals surface area contributed by atoms with E-state index in [4.69, 9.17) is 27.9 Å². The minimum absolute atomic E-state index is 0.0134. The summed E-state index contributed by atoms with van der Waals surface area (Å²) in [6.45, 7) is -1.00. The van der Waals surface area contributed by atoms with Crippen molar-refractivity contribution < 1.29 is 40.6 Å². The average molecular weight is 642 g/mol. The standard InChI is InChI=1S/C22H17Cl2F4N5O7S/c23-11-5-9(32-21(37)30-19(35)16(31-32)18(27)28)6-12(24)17(11)40-10-1-2-14(34)13(7-10)33(41(38)39)22(3-4-22)20(36)29-8-15(25)26/h1-2,5-7,15,18,34,41H,3-4,8H2,(H,29,36)(H,30,35,37). The van der Waals surface area contributed by atoms with Crippen LogP contribution in [0.4, 0.5) is 23.2 Å². The lowest BCUT2D eigenvalue weighted by Crippen LogP contribution is -2.49. The average Bonchev–Trinajstić information content (AvgIpc) is 3.67. The molecule has 4 rings (SSSR count). The molecule has 3 N–H and O–H groups in total. The van der Waals surface area contributed by atoms with Gasteiger partial charge in [0.2, 0.25) is 16.8 Å². The van der Waals surface area contributed by atoms with E-state index in [2.05, 4.69) is 5.10 Å². The van der Waals surface area contributed by atoms with Crippen LogP contribution in [-0.2, 0) is 15.7 Å². The van der Waals surface area contributed by atoms with Gasteiger partial charge in [-0.1, -0.05) is 23.2 Å². The third-order valence-electron chi connectivity index (χ3n) is 5.81. The molecule has 1 amide bonds. The van der Waals surface area contributed by atoms with Crippen LogP contribution < -0.4 is 25.6 Å². The molecular weight excluding hydrogens is 625 g/mol. The number of carbonyl (C=O) groups is 1. The molecule has 1 aliphatic carbocycles. The molecule has 12 nitrogen and oxygen atoms in total. The monoisotopic (exact) mass is 641 g/mol. The second kappa shape index (κ2) is 11.6. The molecule has 1 fully saturated rings. The lowest BCUT2D eigenvalue weighted by Gasteiger charge is -2.28. The van der Waals surface area contributed by atoms with Gasteiger partial charge in [-0.2, -0.15) is 9.78 Å². The quantitative estimate of drug-likeness (QED) is 0.194. The summed E-state index contributed by atoms with van der Waals surface area (Å²) in [4.78, 5) is 38.0. The van der Waals surface area contributed by atoms with E-state index in [9.17, 15) is 45.5 Å². The van der Waals surface area contributed by atoms with Crippen LogP contribution in [0, 0.1) is 0 Å². The number of phenols is 1. The van der Waals surface area contributed by atoms with Gasteiger partial charge in [-0.3, -0.25) is 18.9 Å². The van der Waals surface area contributed by atoms with Crippen LogP contribution >= 0.6 is 23.2 Å². The Bertz CT molecular complexity index is 1680. The summed E-state index contributed by atoms with van der Waals surface area (Å²) >= 11 is 12.5. The zero-order valence-electron chi connectivity index (χ0n) is 20.1. The Morgan fingerprint density at radius 1 is 1.17 bits per heavy atom. The number of nitrogens with zero attached hydrogens (tertiary/aromatic N) is 3. The first-order chi connectivity index (χ1) is 19.2. The molecule has 0 atom stereocenters. The van der Waals surface area contributed by atoms with Crippen molar-refractivity contribution in [3.8, 4) is 22.9 Å². The zero-order chi connectivity index (χ0) is 30.2. The largest absolute Gasteiger partial charge is 0.506 e. The number of alkyl halides is 4. The number of anilines is 1. The zero-order valence-corrected chi connectivity index (χ0v) is 22.5. The van der Waals surface area contributed by atoms with Gasteiger partial charge in [0.1, 0.15) is 17.0 Å². The maximum atomic E-state index is 13.1. The van der Waals surface area contributed by atoms with Crippen LogP contribution in [0.3, 0.4) is 0 Å². The van der Waals surface area contributed by atoms with Crippen molar-refractivity contribution in [3.63, 3.8) is 0 Å². The Balaban J connectivity index is 1.69. The van der Waals surface area contributed by atoms with Gasteiger partial charge in [0.15, 0.2) is 11.4 Å². The van der Waals surface area contributed by atoms with Gasteiger partial charge in [0.05, 0.1) is 28.0 Å². The van der Waals surface area contributed by atoms with Crippen molar-refractivity contribution in [3.05, 3.63) is 66.9 Å². The maximum absolute atomic E-state index is 13.1. The smallest absolute Gasteiger partial charge is 0.349 e. The summed E-state index contributed by atoms with van der Waals surface area (Å²) in [5, 5.41) is 15.2. The number of aromatic hydroxyl groups is 1. The van der Waals surface area contributed by atoms with Gasteiger partial charge in [-0.05, 0) is 37.1 Å². The molecule has 41 heavy (non-hydrogen) atoms. The summed E-state index contributed by atoms with van der Waals surface area (Å²) in [5.74, 6) is -1.98. The summed E-state index contributed by atoms with van der Waals surface area (Å²) in [6.07, 6.45) is -6.20. The number of phenolic OH excluding ortho intramolecular Hbond substituents is 1.